The highest BCUT2D eigenvalue weighted by Crippen LogP contribution is 2.45. The number of amides is 2. The summed E-state index contributed by atoms with van der Waals surface area (Å²) in [6.07, 6.45) is 3.86. The summed E-state index contributed by atoms with van der Waals surface area (Å²) in [5.41, 5.74) is 3.66. The Balaban J connectivity index is 1.61. The Bertz CT molecular complexity index is 1390. The molecule has 2 aromatic carbocycles. The first-order valence-corrected chi connectivity index (χ1v) is 12.5. The molecule has 3 aromatic rings. The van der Waals surface area contributed by atoms with Crippen LogP contribution in [-0.4, -0.2) is 52.8 Å². The molecule has 7 nitrogen and oxygen atoms in total. The molecule has 5 rings (SSSR count). The zero-order chi connectivity index (χ0) is 25.8. The Hall–Kier alpha value is -4.28. The molecule has 1 fully saturated rings. The fourth-order valence-electron chi connectivity index (χ4n) is 5.48. The van der Waals surface area contributed by atoms with E-state index >= 15 is 0 Å². The fraction of sp³-hybridized carbons (Fsp3) is 0.267. The average Bonchev–Trinajstić information content (AvgIpc) is 2.94. The first-order valence-electron chi connectivity index (χ1n) is 12.5. The Morgan fingerprint density at radius 2 is 1.70 bits per heavy atom. The van der Waals surface area contributed by atoms with E-state index in [4.69, 9.17) is 0 Å². The van der Waals surface area contributed by atoms with Crippen LogP contribution in [-0.2, 0) is 21.5 Å². The van der Waals surface area contributed by atoms with Crippen LogP contribution in [0.4, 0.5) is 0 Å². The van der Waals surface area contributed by atoms with Crippen molar-refractivity contribution in [2.75, 3.05) is 26.2 Å². The Labute approximate surface area is 217 Å². The first kappa shape index (κ1) is 24.4. The molecular weight excluding hydrogens is 462 g/mol. The van der Waals surface area contributed by atoms with Gasteiger partial charge < -0.3 is 10.2 Å². The molecule has 2 aliphatic rings. The number of nitrogens with zero attached hydrogens (tertiary/aromatic N) is 4. The van der Waals surface area contributed by atoms with Gasteiger partial charge in [-0.15, -0.1) is 0 Å². The zero-order valence-electron chi connectivity index (χ0n) is 20.9. The molecule has 7 heteroatoms. The summed E-state index contributed by atoms with van der Waals surface area (Å²) in [6, 6.07) is 23.4. The second-order valence-electron chi connectivity index (χ2n) is 9.54. The standard InChI is InChI=1S/C30H29N5O2/c1-22(36)35-16-14-34(15-17-35)21-24-9-3-5-11-27(24)30(26-10-4-2-8-23(26)19-31)18-25(20-33-29(30)37)28-12-6-7-13-32-28/h2-13,20H,14-18,21H2,1H3,(H,33,37). The number of nitrogens with one attached hydrogen (secondary N) is 1. The van der Waals surface area contributed by atoms with E-state index < -0.39 is 5.41 Å². The van der Waals surface area contributed by atoms with E-state index in [2.05, 4.69) is 27.3 Å². The normalized spacial score (nSPS) is 20.1. The van der Waals surface area contributed by atoms with Gasteiger partial charge >= 0.3 is 0 Å². The lowest BCUT2D eigenvalue weighted by atomic mass is 9.65. The van der Waals surface area contributed by atoms with E-state index in [1.165, 1.54) is 0 Å². The Morgan fingerprint density at radius 3 is 2.41 bits per heavy atom. The van der Waals surface area contributed by atoms with E-state index in [0.717, 1.165) is 35.5 Å². The molecule has 1 atom stereocenters. The highest BCUT2D eigenvalue weighted by atomic mass is 16.2. The number of nitriles is 1. The summed E-state index contributed by atoms with van der Waals surface area (Å²) in [6.45, 7) is 5.16. The molecule has 1 saturated heterocycles. The van der Waals surface area contributed by atoms with Crippen LogP contribution in [0.5, 0.6) is 0 Å². The van der Waals surface area contributed by atoms with Crippen LogP contribution in [0.1, 0.15) is 41.3 Å². The summed E-state index contributed by atoms with van der Waals surface area (Å²) in [5.74, 6) is -0.0661. The van der Waals surface area contributed by atoms with Gasteiger partial charge in [0.25, 0.3) is 0 Å². The number of carbonyl (C=O) groups is 2. The van der Waals surface area contributed by atoms with E-state index in [9.17, 15) is 14.9 Å². The minimum atomic E-state index is -1.11. The van der Waals surface area contributed by atoms with Gasteiger partial charge in [-0.25, -0.2) is 0 Å². The van der Waals surface area contributed by atoms with Gasteiger partial charge in [-0.2, -0.15) is 5.26 Å². The van der Waals surface area contributed by atoms with Crippen molar-refractivity contribution in [2.45, 2.75) is 25.3 Å². The van der Waals surface area contributed by atoms with Gasteiger partial charge in [0.1, 0.15) is 5.41 Å². The lowest BCUT2D eigenvalue weighted by Crippen LogP contribution is -2.49. The number of allylic oxidation sites excluding steroid dienone is 1. The maximum absolute atomic E-state index is 14.0. The van der Waals surface area contributed by atoms with Crippen molar-refractivity contribution in [2.24, 2.45) is 0 Å². The molecule has 0 aliphatic carbocycles. The Kier molecular flexibility index (Phi) is 6.85. The number of benzene rings is 2. The van der Waals surface area contributed by atoms with Crippen LogP contribution in [0.3, 0.4) is 0 Å². The molecule has 0 radical (unpaired) electrons. The van der Waals surface area contributed by atoms with E-state index in [0.29, 0.717) is 37.2 Å². The molecule has 37 heavy (non-hydrogen) atoms. The van der Waals surface area contributed by atoms with Crippen molar-refractivity contribution in [3.05, 3.63) is 107 Å². The fourth-order valence-corrected chi connectivity index (χ4v) is 5.48. The van der Waals surface area contributed by atoms with E-state index in [-0.39, 0.29) is 11.8 Å². The minimum absolute atomic E-state index is 0.0971. The smallest absolute Gasteiger partial charge is 0.239 e. The molecule has 1 aromatic heterocycles. The number of hydrogen-bond acceptors (Lipinski definition) is 5. The second kappa shape index (κ2) is 10.4. The van der Waals surface area contributed by atoms with Gasteiger partial charge in [-0.1, -0.05) is 48.5 Å². The molecular formula is C30H29N5O2. The zero-order valence-corrected chi connectivity index (χ0v) is 20.9. The summed E-state index contributed by atoms with van der Waals surface area (Å²) in [5, 5.41) is 13.0. The topological polar surface area (TPSA) is 89.3 Å². The SMILES string of the molecule is CC(=O)N1CCN(Cc2ccccc2C2(c3ccccc3C#N)CC(c3ccccn3)=CNC2=O)CC1. The number of carbonyl (C=O) groups excluding carboxylic acids is 2. The maximum atomic E-state index is 14.0. The molecule has 1 N–H and O–H groups in total. The molecule has 0 bridgehead atoms. The van der Waals surface area contributed by atoms with Crippen molar-refractivity contribution in [1.82, 2.24) is 20.1 Å². The summed E-state index contributed by atoms with van der Waals surface area (Å²) in [4.78, 5) is 34.5. The third-order valence-electron chi connectivity index (χ3n) is 7.41. The number of hydrogen-bond donors (Lipinski definition) is 1. The van der Waals surface area contributed by atoms with E-state index in [1.54, 1.807) is 25.4 Å². The summed E-state index contributed by atoms with van der Waals surface area (Å²) >= 11 is 0. The predicted molar refractivity (Wildman–Crippen MR) is 141 cm³/mol. The minimum Gasteiger partial charge on any atom is -0.340 e. The quantitative estimate of drug-likeness (QED) is 0.591. The molecule has 186 valence electrons. The van der Waals surface area contributed by atoms with Crippen molar-refractivity contribution in [3.8, 4) is 6.07 Å². The van der Waals surface area contributed by atoms with Crippen LogP contribution < -0.4 is 5.32 Å². The van der Waals surface area contributed by atoms with Gasteiger partial charge in [0.05, 0.1) is 17.3 Å². The number of rotatable bonds is 5. The van der Waals surface area contributed by atoms with Gasteiger partial charge in [-0.3, -0.25) is 19.5 Å². The summed E-state index contributed by atoms with van der Waals surface area (Å²) in [7, 11) is 0. The first-order chi connectivity index (χ1) is 18.0. The van der Waals surface area contributed by atoms with Crippen LogP contribution in [0.2, 0.25) is 0 Å². The largest absolute Gasteiger partial charge is 0.340 e. The maximum Gasteiger partial charge on any atom is 0.239 e. The van der Waals surface area contributed by atoms with E-state index in [1.807, 2.05) is 59.5 Å². The van der Waals surface area contributed by atoms with Gasteiger partial charge in [0.2, 0.25) is 11.8 Å². The number of pyridine rings is 1. The number of piperazine rings is 1. The van der Waals surface area contributed by atoms with Crippen molar-refractivity contribution >= 4 is 17.4 Å². The number of aromatic nitrogens is 1. The second-order valence-corrected chi connectivity index (χ2v) is 9.54. The van der Waals surface area contributed by atoms with Crippen LogP contribution in [0.15, 0.2) is 79.1 Å². The monoisotopic (exact) mass is 491 g/mol. The predicted octanol–water partition coefficient (Wildman–Crippen LogP) is 3.46. The lowest BCUT2D eigenvalue weighted by Gasteiger charge is -2.40. The molecule has 0 spiro atoms. The van der Waals surface area contributed by atoms with Crippen molar-refractivity contribution in [1.29, 1.82) is 5.26 Å². The third kappa shape index (κ3) is 4.64. The van der Waals surface area contributed by atoms with Crippen LogP contribution in [0.25, 0.3) is 5.57 Å². The van der Waals surface area contributed by atoms with Crippen LogP contribution in [0, 0.1) is 11.3 Å². The highest BCUT2D eigenvalue weighted by Gasteiger charge is 2.47. The lowest BCUT2D eigenvalue weighted by molar-refractivity contribution is -0.130. The molecule has 3 heterocycles. The van der Waals surface area contributed by atoms with Gasteiger partial charge in [-0.05, 0) is 46.9 Å². The molecule has 2 aliphatic heterocycles. The summed E-state index contributed by atoms with van der Waals surface area (Å²) < 4.78 is 0. The van der Waals surface area contributed by atoms with Crippen molar-refractivity contribution in [3.63, 3.8) is 0 Å². The average molecular weight is 492 g/mol. The van der Waals surface area contributed by atoms with Gasteiger partial charge in [0, 0.05) is 52.0 Å². The van der Waals surface area contributed by atoms with Gasteiger partial charge in [0.15, 0.2) is 0 Å². The molecule has 2 amide bonds. The third-order valence-corrected chi connectivity index (χ3v) is 7.41. The Morgan fingerprint density at radius 1 is 1.00 bits per heavy atom. The molecule has 1 unspecified atom stereocenters. The molecule has 0 saturated carbocycles. The van der Waals surface area contributed by atoms with Crippen molar-refractivity contribution < 1.29 is 9.59 Å². The highest BCUT2D eigenvalue weighted by molar-refractivity contribution is 5.98. The van der Waals surface area contributed by atoms with Crippen LogP contribution >= 0.6 is 0 Å².